The van der Waals surface area contributed by atoms with Crippen molar-refractivity contribution in [2.24, 2.45) is 0 Å². The van der Waals surface area contributed by atoms with Crippen molar-refractivity contribution in [1.82, 2.24) is 0 Å². The molecule has 1 aromatic carbocycles. The third kappa shape index (κ3) is 4.34. The second-order valence-corrected chi connectivity index (χ2v) is 7.09. The molecule has 102 valence electrons. The van der Waals surface area contributed by atoms with E-state index in [0.717, 1.165) is 17.7 Å². The second kappa shape index (κ2) is 7.08. The molecule has 1 atom stereocenters. The number of thiophene rings is 1. The van der Waals surface area contributed by atoms with E-state index in [1.807, 2.05) is 23.6 Å². The predicted octanol–water partition coefficient (Wildman–Crippen LogP) is 3.90. The average Bonchev–Trinajstić information content (AvgIpc) is 2.92. The summed E-state index contributed by atoms with van der Waals surface area (Å²) in [7, 11) is 0.709. The molecular weight excluding hydrogens is 300 g/mol. The van der Waals surface area contributed by atoms with E-state index in [1.165, 1.54) is 4.88 Å². The molecule has 1 aromatic heterocycles. The lowest BCUT2D eigenvalue weighted by molar-refractivity contribution is 0.414. The number of hydrogen-bond acceptors (Lipinski definition) is 3. The van der Waals surface area contributed by atoms with E-state index in [0.29, 0.717) is 16.5 Å². The summed E-state index contributed by atoms with van der Waals surface area (Å²) < 4.78 is 17.1. The number of hydrogen-bond donors (Lipinski definition) is 0. The molecule has 0 radical (unpaired) electrons. The first-order chi connectivity index (χ1) is 9.19. The Balaban J connectivity index is 1.91. The zero-order valence-electron chi connectivity index (χ0n) is 10.6. The summed E-state index contributed by atoms with van der Waals surface area (Å²) in [5.74, 6) is 1.88. The SMILES string of the molecule is COc1ccc(C[S@](=O)CCc2cccs2)c(Cl)c1. The number of methoxy groups -OCH3 is 1. The highest BCUT2D eigenvalue weighted by atomic mass is 35.5. The molecular formula is C14H15ClO2S2. The van der Waals surface area contributed by atoms with Gasteiger partial charge in [-0.15, -0.1) is 11.3 Å². The maximum atomic E-state index is 12.0. The zero-order valence-corrected chi connectivity index (χ0v) is 13.0. The Morgan fingerprint density at radius 1 is 1.37 bits per heavy atom. The molecule has 5 heteroatoms. The highest BCUT2D eigenvalue weighted by molar-refractivity contribution is 7.84. The van der Waals surface area contributed by atoms with Crippen molar-refractivity contribution < 1.29 is 8.95 Å². The first kappa shape index (κ1) is 14.6. The van der Waals surface area contributed by atoms with Crippen molar-refractivity contribution in [3.63, 3.8) is 0 Å². The highest BCUT2D eigenvalue weighted by Crippen LogP contribution is 2.23. The van der Waals surface area contributed by atoms with Crippen LogP contribution >= 0.6 is 22.9 Å². The predicted molar refractivity (Wildman–Crippen MR) is 82.7 cm³/mol. The summed E-state index contributed by atoms with van der Waals surface area (Å²) >= 11 is 7.84. The molecule has 0 aliphatic heterocycles. The third-order valence-electron chi connectivity index (χ3n) is 2.73. The molecule has 0 aliphatic rings. The van der Waals surface area contributed by atoms with Crippen LogP contribution in [0.2, 0.25) is 5.02 Å². The van der Waals surface area contributed by atoms with Crippen molar-refractivity contribution in [3.8, 4) is 5.75 Å². The van der Waals surface area contributed by atoms with Gasteiger partial charge in [0.1, 0.15) is 5.75 Å². The molecule has 0 unspecified atom stereocenters. The molecule has 0 bridgehead atoms. The summed E-state index contributed by atoms with van der Waals surface area (Å²) in [6.45, 7) is 0. The van der Waals surface area contributed by atoms with Crippen LogP contribution in [0.25, 0.3) is 0 Å². The largest absolute Gasteiger partial charge is 0.497 e. The molecule has 2 aromatic rings. The fraction of sp³-hybridized carbons (Fsp3) is 0.286. The summed E-state index contributed by atoms with van der Waals surface area (Å²) in [5.41, 5.74) is 0.909. The van der Waals surface area contributed by atoms with Gasteiger partial charge in [-0.1, -0.05) is 23.7 Å². The van der Waals surface area contributed by atoms with Crippen LogP contribution < -0.4 is 4.74 Å². The lowest BCUT2D eigenvalue weighted by atomic mass is 10.2. The minimum atomic E-state index is -0.893. The van der Waals surface area contributed by atoms with Gasteiger partial charge in [0.2, 0.25) is 0 Å². The number of rotatable bonds is 6. The number of halogens is 1. The molecule has 0 saturated heterocycles. The Kier molecular flexibility index (Phi) is 5.43. The van der Waals surface area contributed by atoms with Crippen LogP contribution in [0.1, 0.15) is 10.4 Å². The molecule has 0 amide bonds. The van der Waals surface area contributed by atoms with Gasteiger partial charge in [0.25, 0.3) is 0 Å². The van der Waals surface area contributed by atoms with Crippen molar-refractivity contribution in [1.29, 1.82) is 0 Å². The van der Waals surface area contributed by atoms with E-state index >= 15 is 0 Å². The average molecular weight is 315 g/mol. The Morgan fingerprint density at radius 3 is 2.84 bits per heavy atom. The van der Waals surface area contributed by atoms with E-state index in [2.05, 4.69) is 6.07 Å². The van der Waals surface area contributed by atoms with Gasteiger partial charge in [-0.25, -0.2) is 0 Å². The van der Waals surface area contributed by atoms with Crippen LogP contribution in [0.3, 0.4) is 0 Å². The van der Waals surface area contributed by atoms with Gasteiger partial charge in [0.15, 0.2) is 0 Å². The Morgan fingerprint density at radius 2 is 2.21 bits per heavy atom. The normalized spacial score (nSPS) is 12.3. The topological polar surface area (TPSA) is 26.3 Å². The molecule has 0 spiro atoms. The minimum absolute atomic E-state index is 0.494. The Labute approximate surface area is 124 Å². The highest BCUT2D eigenvalue weighted by Gasteiger charge is 2.07. The molecule has 19 heavy (non-hydrogen) atoms. The molecule has 0 aliphatic carbocycles. The Hall–Kier alpha value is -0.840. The van der Waals surface area contributed by atoms with Crippen molar-refractivity contribution in [2.75, 3.05) is 12.9 Å². The van der Waals surface area contributed by atoms with Gasteiger partial charge in [-0.3, -0.25) is 4.21 Å². The monoisotopic (exact) mass is 314 g/mol. The van der Waals surface area contributed by atoms with E-state index in [4.69, 9.17) is 16.3 Å². The van der Waals surface area contributed by atoms with Crippen molar-refractivity contribution >= 4 is 33.7 Å². The maximum Gasteiger partial charge on any atom is 0.120 e. The van der Waals surface area contributed by atoms with E-state index in [9.17, 15) is 4.21 Å². The minimum Gasteiger partial charge on any atom is -0.497 e. The van der Waals surface area contributed by atoms with E-state index in [1.54, 1.807) is 24.5 Å². The smallest absolute Gasteiger partial charge is 0.120 e. The molecule has 0 fully saturated rings. The molecule has 0 saturated carbocycles. The lowest BCUT2D eigenvalue weighted by Crippen LogP contribution is -2.03. The number of ether oxygens (including phenoxy) is 1. The fourth-order valence-corrected chi connectivity index (χ4v) is 4.03. The van der Waals surface area contributed by atoms with E-state index in [-0.39, 0.29) is 0 Å². The molecule has 2 nitrogen and oxygen atoms in total. The van der Waals surface area contributed by atoms with Crippen LogP contribution in [-0.2, 0) is 23.0 Å². The first-order valence-electron chi connectivity index (χ1n) is 5.89. The van der Waals surface area contributed by atoms with Crippen LogP contribution in [0.5, 0.6) is 5.75 Å². The van der Waals surface area contributed by atoms with Crippen molar-refractivity contribution in [3.05, 3.63) is 51.2 Å². The summed E-state index contributed by atoms with van der Waals surface area (Å²) in [4.78, 5) is 1.27. The fourth-order valence-electron chi connectivity index (χ4n) is 1.69. The number of aryl methyl sites for hydroxylation is 1. The number of benzene rings is 1. The standard InChI is InChI=1S/C14H15ClO2S2/c1-17-12-5-4-11(14(15)9-12)10-19(16)8-6-13-3-2-7-18-13/h2-5,7,9H,6,8,10H2,1H3/t19-/m1/s1. The van der Waals surface area contributed by atoms with Gasteiger partial charge < -0.3 is 4.74 Å². The van der Waals surface area contributed by atoms with Crippen LogP contribution in [0.4, 0.5) is 0 Å². The zero-order chi connectivity index (χ0) is 13.7. The van der Waals surface area contributed by atoms with Gasteiger partial charge in [0.05, 0.1) is 12.9 Å². The summed E-state index contributed by atoms with van der Waals surface area (Å²) in [5, 5.41) is 2.65. The van der Waals surface area contributed by atoms with E-state index < -0.39 is 10.8 Å². The van der Waals surface area contributed by atoms with Crippen LogP contribution in [0, 0.1) is 0 Å². The van der Waals surface area contributed by atoms with Gasteiger partial charge in [0, 0.05) is 26.5 Å². The van der Waals surface area contributed by atoms with Gasteiger partial charge >= 0.3 is 0 Å². The van der Waals surface area contributed by atoms with Gasteiger partial charge in [-0.2, -0.15) is 0 Å². The lowest BCUT2D eigenvalue weighted by Gasteiger charge is -2.06. The molecule has 2 rings (SSSR count). The van der Waals surface area contributed by atoms with Crippen LogP contribution in [-0.4, -0.2) is 17.1 Å². The summed E-state index contributed by atoms with van der Waals surface area (Å²) in [6.07, 6.45) is 0.859. The second-order valence-electron chi connectivity index (χ2n) is 4.07. The van der Waals surface area contributed by atoms with Crippen molar-refractivity contribution in [2.45, 2.75) is 12.2 Å². The quantitative estimate of drug-likeness (QED) is 0.808. The Bertz CT molecular complexity index is 553. The molecule has 0 N–H and O–H groups in total. The summed E-state index contributed by atoms with van der Waals surface area (Å²) in [6, 6.07) is 9.57. The third-order valence-corrected chi connectivity index (χ3v) is 5.31. The molecule has 1 heterocycles. The first-order valence-corrected chi connectivity index (χ1v) is 8.63. The van der Waals surface area contributed by atoms with Gasteiger partial charge in [-0.05, 0) is 35.6 Å². The maximum absolute atomic E-state index is 12.0. The van der Waals surface area contributed by atoms with Crippen LogP contribution in [0.15, 0.2) is 35.7 Å².